The van der Waals surface area contributed by atoms with E-state index in [2.05, 4.69) is 18.9 Å². The van der Waals surface area contributed by atoms with Gasteiger partial charge in [0.2, 0.25) is 0 Å². The molecule has 0 aliphatic rings. The van der Waals surface area contributed by atoms with Crippen molar-refractivity contribution >= 4 is 23.2 Å². The highest BCUT2D eigenvalue weighted by Gasteiger charge is 2.11. The molecule has 2 aromatic rings. The fourth-order valence-electron chi connectivity index (χ4n) is 1.83. The first kappa shape index (κ1) is 12.5. The first-order valence-electron chi connectivity index (χ1n) is 5.50. The summed E-state index contributed by atoms with van der Waals surface area (Å²) in [6.45, 7) is 6.18. The number of rotatable bonds is 2. The lowest BCUT2D eigenvalue weighted by atomic mass is 10.1. The lowest BCUT2D eigenvalue weighted by molar-refractivity contribution is 0.535. The smallest absolute Gasteiger partial charge is 0.0689 e. The first-order valence-corrected chi connectivity index (χ1v) is 6.25. The van der Waals surface area contributed by atoms with E-state index in [1.54, 1.807) is 6.07 Å². The van der Waals surface area contributed by atoms with Gasteiger partial charge in [-0.15, -0.1) is 0 Å². The number of aryl methyl sites for hydroxylation is 1. The fraction of sp³-hybridized carbons (Fsp3) is 0.308. The van der Waals surface area contributed by atoms with Crippen LogP contribution in [0.15, 0.2) is 24.3 Å². The zero-order valence-corrected chi connectivity index (χ0v) is 11.5. The van der Waals surface area contributed by atoms with Crippen LogP contribution in [0.25, 0.3) is 11.3 Å². The maximum absolute atomic E-state index is 6.02. The molecule has 0 amide bonds. The van der Waals surface area contributed by atoms with Gasteiger partial charge in [-0.1, -0.05) is 23.2 Å². The molecule has 0 saturated heterocycles. The van der Waals surface area contributed by atoms with Gasteiger partial charge in [-0.25, -0.2) is 0 Å². The standard InChI is InChI=1S/C13H14Cl2N2/c1-8(2)17-13(4-9(3)16-17)10-5-11(14)7-12(15)6-10/h4-8H,1-3H3. The van der Waals surface area contributed by atoms with E-state index in [1.165, 1.54) is 0 Å². The third-order valence-electron chi connectivity index (χ3n) is 2.51. The summed E-state index contributed by atoms with van der Waals surface area (Å²) >= 11 is 12.0. The molecule has 0 atom stereocenters. The molecule has 0 aliphatic heterocycles. The van der Waals surface area contributed by atoms with Crippen LogP contribution in [0, 0.1) is 6.92 Å². The molecule has 0 fully saturated rings. The van der Waals surface area contributed by atoms with Gasteiger partial charge in [0.15, 0.2) is 0 Å². The average molecular weight is 269 g/mol. The molecule has 17 heavy (non-hydrogen) atoms. The van der Waals surface area contributed by atoms with Crippen LogP contribution in [0.2, 0.25) is 10.0 Å². The topological polar surface area (TPSA) is 17.8 Å². The number of hydrogen-bond donors (Lipinski definition) is 0. The number of hydrogen-bond acceptors (Lipinski definition) is 1. The Morgan fingerprint density at radius 2 is 1.65 bits per heavy atom. The van der Waals surface area contributed by atoms with Crippen molar-refractivity contribution < 1.29 is 0 Å². The number of aromatic nitrogens is 2. The highest BCUT2D eigenvalue weighted by atomic mass is 35.5. The third kappa shape index (κ3) is 2.64. The minimum absolute atomic E-state index is 0.302. The SMILES string of the molecule is Cc1cc(-c2cc(Cl)cc(Cl)c2)n(C(C)C)n1. The predicted octanol–water partition coefficient (Wildman–Crippen LogP) is 4.75. The summed E-state index contributed by atoms with van der Waals surface area (Å²) in [5, 5.41) is 5.76. The second kappa shape index (κ2) is 4.71. The average Bonchev–Trinajstić information content (AvgIpc) is 2.59. The molecule has 0 aliphatic carbocycles. The second-order valence-electron chi connectivity index (χ2n) is 4.37. The molecule has 2 rings (SSSR count). The zero-order chi connectivity index (χ0) is 12.6. The van der Waals surface area contributed by atoms with Crippen molar-refractivity contribution in [1.82, 2.24) is 9.78 Å². The molecule has 0 spiro atoms. The fourth-order valence-corrected chi connectivity index (χ4v) is 2.35. The van der Waals surface area contributed by atoms with Crippen LogP contribution in [0.3, 0.4) is 0 Å². The van der Waals surface area contributed by atoms with Crippen molar-refractivity contribution in [3.8, 4) is 11.3 Å². The van der Waals surface area contributed by atoms with Crippen LogP contribution in [0.4, 0.5) is 0 Å². The number of nitrogens with zero attached hydrogens (tertiary/aromatic N) is 2. The molecular formula is C13H14Cl2N2. The monoisotopic (exact) mass is 268 g/mol. The Labute approximate surface area is 111 Å². The molecule has 0 N–H and O–H groups in total. The van der Waals surface area contributed by atoms with E-state index < -0.39 is 0 Å². The molecule has 2 nitrogen and oxygen atoms in total. The Morgan fingerprint density at radius 3 is 2.18 bits per heavy atom. The van der Waals surface area contributed by atoms with Crippen molar-refractivity contribution in [2.24, 2.45) is 0 Å². The summed E-state index contributed by atoms with van der Waals surface area (Å²) in [6, 6.07) is 7.89. The van der Waals surface area contributed by atoms with Crippen LogP contribution in [0.5, 0.6) is 0 Å². The molecule has 1 aromatic heterocycles. The summed E-state index contributed by atoms with van der Waals surface area (Å²) in [5.41, 5.74) is 3.03. The maximum Gasteiger partial charge on any atom is 0.0689 e. The predicted molar refractivity (Wildman–Crippen MR) is 72.8 cm³/mol. The minimum Gasteiger partial charge on any atom is -0.262 e. The van der Waals surface area contributed by atoms with E-state index >= 15 is 0 Å². The van der Waals surface area contributed by atoms with Gasteiger partial charge in [0.25, 0.3) is 0 Å². The number of benzene rings is 1. The molecule has 90 valence electrons. The van der Waals surface area contributed by atoms with Crippen molar-refractivity contribution in [3.05, 3.63) is 40.0 Å². The van der Waals surface area contributed by atoms with E-state index in [-0.39, 0.29) is 0 Å². The van der Waals surface area contributed by atoms with Crippen molar-refractivity contribution in [3.63, 3.8) is 0 Å². The summed E-state index contributed by atoms with van der Waals surface area (Å²) < 4.78 is 1.98. The van der Waals surface area contributed by atoms with Gasteiger partial charge in [0, 0.05) is 21.7 Å². The van der Waals surface area contributed by atoms with Gasteiger partial charge >= 0.3 is 0 Å². The van der Waals surface area contributed by atoms with Crippen molar-refractivity contribution in [1.29, 1.82) is 0 Å². The molecule has 1 heterocycles. The maximum atomic E-state index is 6.02. The molecule has 0 saturated carbocycles. The van der Waals surface area contributed by atoms with E-state index in [4.69, 9.17) is 23.2 Å². The highest BCUT2D eigenvalue weighted by Crippen LogP contribution is 2.29. The van der Waals surface area contributed by atoms with Crippen LogP contribution < -0.4 is 0 Å². The van der Waals surface area contributed by atoms with Gasteiger partial charge < -0.3 is 0 Å². The molecule has 4 heteroatoms. The zero-order valence-electron chi connectivity index (χ0n) is 10.0. The molecule has 0 unspecified atom stereocenters. The number of halogens is 2. The van der Waals surface area contributed by atoms with E-state index in [0.717, 1.165) is 17.0 Å². The third-order valence-corrected chi connectivity index (χ3v) is 2.94. The first-order chi connectivity index (χ1) is 7.97. The van der Waals surface area contributed by atoms with Crippen molar-refractivity contribution in [2.75, 3.05) is 0 Å². The summed E-state index contributed by atoms with van der Waals surface area (Å²) in [5.74, 6) is 0. The van der Waals surface area contributed by atoms with Crippen LogP contribution in [0.1, 0.15) is 25.6 Å². The Kier molecular flexibility index (Phi) is 3.45. The van der Waals surface area contributed by atoms with Crippen molar-refractivity contribution in [2.45, 2.75) is 26.8 Å². The van der Waals surface area contributed by atoms with Crippen LogP contribution >= 0.6 is 23.2 Å². The molecule has 0 radical (unpaired) electrons. The Morgan fingerprint density at radius 1 is 1.06 bits per heavy atom. The second-order valence-corrected chi connectivity index (χ2v) is 5.24. The Hall–Kier alpha value is -0.990. The molecule has 0 bridgehead atoms. The largest absolute Gasteiger partial charge is 0.262 e. The van der Waals surface area contributed by atoms with Gasteiger partial charge in [-0.2, -0.15) is 5.10 Å². The minimum atomic E-state index is 0.302. The van der Waals surface area contributed by atoms with Crippen LogP contribution in [-0.4, -0.2) is 9.78 Å². The Balaban J connectivity index is 2.59. The van der Waals surface area contributed by atoms with Gasteiger partial charge in [0.05, 0.1) is 11.4 Å². The van der Waals surface area contributed by atoms with E-state index in [0.29, 0.717) is 16.1 Å². The lowest BCUT2D eigenvalue weighted by Gasteiger charge is -2.11. The summed E-state index contributed by atoms with van der Waals surface area (Å²) in [6.07, 6.45) is 0. The van der Waals surface area contributed by atoms with Gasteiger partial charge in [-0.05, 0) is 45.0 Å². The lowest BCUT2D eigenvalue weighted by Crippen LogP contribution is -2.04. The molecule has 1 aromatic carbocycles. The van der Waals surface area contributed by atoms with E-state index in [1.807, 2.05) is 29.8 Å². The Bertz CT molecular complexity index is 524. The van der Waals surface area contributed by atoms with E-state index in [9.17, 15) is 0 Å². The quantitative estimate of drug-likeness (QED) is 0.769. The van der Waals surface area contributed by atoms with Gasteiger partial charge in [-0.3, -0.25) is 4.68 Å². The normalized spacial score (nSPS) is 11.2. The van der Waals surface area contributed by atoms with Crippen LogP contribution in [-0.2, 0) is 0 Å². The highest BCUT2D eigenvalue weighted by molar-refractivity contribution is 6.35. The summed E-state index contributed by atoms with van der Waals surface area (Å²) in [4.78, 5) is 0. The summed E-state index contributed by atoms with van der Waals surface area (Å²) in [7, 11) is 0. The molecular weight excluding hydrogens is 255 g/mol. The van der Waals surface area contributed by atoms with Gasteiger partial charge in [0.1, 0.15) is 0 Å².